The van der Waals surface area contributed by atoms with E-state index in [-0.39, 0.29) is 34.0 Å². The van der Waals surface area contributed by atoms with Crippen molar-refractivity contribution >= 4 is 34.0 Å². The van der Waals surface area contributed by atoms with E-state index in [2.05, 4.69) is 20.8 Å². The quantitative estimate of drug-likeness (QED) is 0.636. The monoisotopic (exact) mass is 302 g/mol. The lowest BCUT2D eigenvalue weighted by atomic mass is 9.98. The zero-order chi connectivity index (χ0) is 7.82. The predicted octanol–water partition coefficient (Wildman–Crippen LogP) is 5.16. The summed E-state index contributed by atoms with van der Waals surface area (Å²) in [5.41, 5.74) is 0. The smallest absolute Gasteiger partial charge is 0.0443 e. The van der Waals surface area contributed by atoms with Crippen molar-refractivity contribution in [2.45, 2.75) is 59.3 Å². The van der Waals surface area contributed by atoms with Crippen molar-refractivity contribution in [1.82, 2.24) is 0 Å². The second-order valence-electron chi connectivity index (χ2n) is 3.39. The van der Waals surface area contributed by atoms with Crippen LogP contribution in [0.1, 0.15) is 59.3 Å². The van der Waals surface area contributed by atoms with Gasteiger partial charge in [-0.1, -0.05) is 59.3 Å². The minimum Gasteiger partial charge on any atom is -0.114 e. The van der Waals surface area contributed by atoms with Gasteiger partial charge in [-0.3, -0.25) is 0 Å². The largest absolute Gasteiger partial charge is 0.114 e. The van der Waals surface area contributed by atoms with E-state index in [1.807, 2.05) is 0 Å². The van der Waals surface area contributed by atoms with Crippen LogP contribution in [0.4, 0.5) is 0 Å². The van der Waals surface area contributed by atoms with E-state index in [1.165, 1.54) is 38.5 Å². The van der Waals surface area contributed by atoms with Crippen molar-refractivity contribution in [1.29, 1.82) is 0 Å². The van der Waals surface area contributed by atoms with E-state index in [0.29, 0.717) is 0 Å². The minimum atomic E-state index is 0. The van der Waals surface area contributed by atoms with Crippen molar-refractivity contribution in [3.05, 3.63) is 0 Å². The van der Waals surface area contributed by atoms with Gasteiger partial charge in [0.25, 0.3) is 0 Å². The van der Waals surface area contributed by atoms with Crippen LogP contribution in [-0.2, 0) is 0 Å². The van der Waals surface area contributed by atoms with Gasteiger partial charge in [0.1, 0.15) is 0 Å². The van der Waals surface area contributed by atoms with Gasteiger partial charge >= 0.3 is 0 Å². The predicted molar refractivity (Wildman–Crippen MR) is 68.9 cm³/mol. The fourth-order valence-electron chi connectivity index (χ4n) is 1.25. The van der Waals surface area contributed by atoms with E-state index in [9.17, 15) is 0 Å². The van der Waals surface area contributed by atoms with Crippen LogP contribution in [0.2, 0.25) is 0 Å². The van der Waals surface area contributed by atoms with Gasteiger partial charge in [-0.2, -0.15) is 0 Å². The second-order valence-corrected chi connectivity index (χ2v) is 3.39. The Balaban J connectivity index is -0.000000405. The van der Waals surface area contributed by atoms with Crippen LogP contribution < -0.4 is 0 Å². The molecule has 0 N–H and O–H groups in total. The molecule has 12 heavy (non-hydrogen) atoms. The van der Waals surface area contributed by atoms with Gasteiger partial charge in [0, 0.05) is 0 Å². The molecule has 0 bridgehead atoms. The fraction of sp³-hybridized carbons (Fsp3) is 1.00. The molecule has 0 aliphatic heterocycles. The molecule has 0 unspecified atom stereocenters. The number of hydrogen-bond donors (Lipinski definition) is 0. The van der Waals surface area contributed by atoms with Crippen LogP contribution in [0.25, 0.3) is 0 Å². The maximum Gasteiger partial charge on any atom is -0.0443 e. The van der Waals surface area contributed by atoms with Crippen LogP contribution in [0.3, 0.4) is 0 Å². The molecular formula is C10H24Br2. The molecule has 0 aromatic heterocycles. The van der Waals surface area contributed by atoms with E-state index in [4.69, 9.17) is 0 Å². The van der Waals surface area contributed by atoms with Crippen LogP contribution in [0.5, 0.6) is 0 Å². The summed E-state index contributed by atoms with van der Waals surface area (Å²) in [4.78, 5) is 0. The highest BCUT2D eigenvalue weighted by Gasteiger charge is 1.98. The lowest BCUT2D eigenvalue weighted by molar-refractivity contribution is 0.454. The maximum atomic E-state index is 2.38. The normalized spacial score (nSPS) is 9.00. The standard InChI is InChI=1S/C10H22.2BrH/c1-4-6-8-10(3)9-7-5-2;;/h10H,4-9H2,1-3H3;2*1H. The maximum absolute atomic E-state index is 2.38. The Morgan fingerprint density at radius 2 is 1.17 bits per heavy atom. The molecule has 0 aliphatic rings. The molecule has 0 saturated carbocycles. The van der Waals surface area contributed by atoms with Crippen LogP contribution in [-0.4, -0.2) is 0 Å². The highest BCUT2D eigenvalue weighted by Crippen LogP contribution is 2.14. The number of unbranched alkanes of at least 4 members (excludes halogenated alkanes) is 2. The molecule has 0 rings (SSSR count). The summed E-state index contributed by atoms with van der Waals surface area (Å²) < 4.78 is 0. The summed E-state index contributed by atoms with van der Waals surface area (Å²) in [6.07, 6.45) is 8.44. The van der Waals surface area contributed by atoms with Gasteiger partial charge < -0.3 is 0 Å². The van der Waals surface area contributed by atoms with Gasteiger partial charge in [-0.15, -0.1) is 34.0 Å². The highest BCUT2D eigenvalue weighted by molar-refractivity contribution is 8.93. The van der Waals surface area contributed by atoms with E-state index in [1.54, 1.807) is 0 Å². The molecular weight excluding hydrogens is 280 g/mol. The Morgan fingerprint density at radius 3 is 1.42 bits per heavy atom. The van der Waals surface area contributed by atoms with Crippen molar-refractivity contribution in [3.8, 4) is 0 Å². The summed E-state index contributed by atoms with van der Waals surface area (Å²) >= 11 is 0. The molecule has 0 heterocycles. The molecule has 0 spiro atoms. The molecule has 0 aromatic carbocycles. The molecule has 0 fully saturated rings. The Kier molecular flexibility index (Phi) is 22.6. The Morgan fingerprint density at radius 1 is 0.833 bits per heavy atom. The summed E-state index contributed by atoms with van der Waals surface area (Å²) in [5.74, 6) is 0.972. The van der Waals surface area contributed by atoms with Crippen LogP contribution in [0, 0.1) is 5.92 Å². The summed E-state index contributed by atoms with van der Waals surface area (Å²) in [7, 11) is 0. The molecule has 0 saturated heterocycles. The lowest BCUT2D eigenvalue weighted by Gasteiger charge is -2.08. The van der Waals surface area contributed by atoms with E-state index in [0.717, 1.165) is 5.92 Å². The first-order valence-electron chi connectivity index (χ1n) is 4.81. The SMILES string of the molecule is Br.Br.CCCCC(C)CCCC. The molecule has 0 aromatic rings. The Hall–Kier alpha value is 0.960. The Labute approximate surface area is 99.0 Å². The third-order valence-electron chi connectivity index (χ3n) is 2.10. The third-order valence-corrected chi connectivity index (χ3v) is 2.10. The van der Waals surface area contributed by atoms with E-state index < -0.39 is 0 Å². The first-order chi connectivity index (χ1) is 4.81. The van der Waals surface area contributed by atoms with Gasteiger partial charge in [0.05, 0.1) is 0 Å². The Bertz CT molecular complexity index is 56.9. The summed E-state index contributed by atoms with van der Waals surface area (Å²) in [6.45, 7) is 6.92. The van der Waals surface area contributed by atoms with Crippen molar-refractivity contribution < 1.29 is 0 Å². The average Bonchev–Trinajstić information content (AvgIpc) is 1.97. The summed E-state index contributed by atoms with van der Waals surface area (Å²) in [5, 5.41) is 0. The summed E-state index contributed by atoms with van der Waals surface area (Å²) in [6, 6.07) is 0. The first-order valence-corrected chi connectivity index (χ1v) is 4.81. The topological polar surface area (TPSA) is 0 Å². The molecule has 0 atom stereocenters. The molecule has 0 amide bonds. The lowest BCUT2D eigenvalue weighted by Crippen LogP contribution is -1.93. The van der Waals surface area contributed by atoms with Gasteiger partial charge in [-0.25, -0.2) is 0 Å². The number of rotatable bonds is 6. The zero-order valence-corrected chi connectivity index (χ0v) is 12.1. The zero-order valence-electron chi connectivity index (χ0n) is 8.64. The van der Waals surface area contributed by atoms with Crippen LogP contribution in [0.15, 0.2) is 0 Å². The molecule has 0 aliphatic carbocycles. The number of halogens is 2. The van der Waals surface area contributed by atoms with Gasteiger partial charge in [-0.05, 0) is 5.92 Å². The minimum absolute atomic E-state index is 0. The fourth-order valence-corrected chi connectivity index (χ4v) is 1.25. The van der Waals surface area contributed by atoms with Crippen molar-refractivity contribution in [2.75, 3.05) is 0 Å². The average molecular weight is 304 g/mol. The molecule has 2 heteroatoms. The van der Waals surface area contributed by atoms with Gasteiger partial charge in [0.15, 0.2) is 0 Å². The second kappa shape index (κ2) is 14.5. The third kappa shape index (κ3) is 13.5. The molecule has 78 valence electrons. The molecule has 0 radical (unpaired) electrons. The van der Waals surface area contributed by atoms with Crippen LogP contribution >= 0.6 is 34.0 Å². The van der Waals surface area contributed by atoms with Crippen molar-refractivity contribution in [2.24, 2.45) is 5.92 Å². The van der Waals surface area contributed by atoms with Crippen molar-refractivity contribution in [3.63, 3.8) is 0 Å². The highest BCUT2D eigenvalue weighted by atomic mass is 79.9. The van der Waals surface area contributed by atoms with Gasteiger partial charge in [0.2, 0.25) is 0 Å². The molecule has 0 nitrogen and oxygen atoms in total. The first kappa shape index (κ1) is 18.7. The van der Waals surface area contributed by atoms with E-state index >= 15 is 0 Å². The number of hydrogen-bond acceptors (Lipinski definition) is 0.